The number of hydrogen-bond donors (Lipinski definition) is 1. The van der Waals surface area contributed by atoms with E-state index in [2.05, 4.69) is 16.0 Å². The molecule has 0 spiro atoms. The molecule has 0 bridgehead atoms. The normalized spacial score (nSPS) is 10.4. The Hall–Kier alpha value is -1.94. The van der Waals surface area contributed by atoms with Gasteiger partial charge in [-0.15, -0.1) is 0 Å². The summed E-state index contributed by atoms with van der Waals surface area (Å²) in [6, 6.07) is 8.20. The third-order valence-corrected chi connectivity index (χ3v) is 2.63. The van der Waals surface area contributed by atoms with Crippen LogP contribution in [0.4, 0.5) is 0 Å². The summed E-state index contributed by atoms with van der Waals surface area (Å²) >= 11 is 0. The molecule has 1 heterocycles. The molecular formula is C14H17N3O. The summed E-state index contributed by atoms with van der Waals surface area (Å²) in [5, 5.41) is 0. The van der Waals surface area contributed by atoms with Crippen molar-refractivity contribution < 1.29 is 4.74 Å². The van der Waals surface area contributed by atoms with Gasteiger partial charge >= 0.3 is 6.01 Å². The van der Waals surface area contributed by atoms with Gasteiger partial charge in [0.05, 0.1) is 5.69 Å². The summed E-state index contributed by atoms with van der Waals surface area (Å²) in [7, 11) is 0. The smallest absolute Gasteiger partial charge is 0.322 e. The summed E-state index contributed by atoms with van der Waals surface area (Å²) in [5.74, 6) is 0.772. The van der Waals surface area contributed by atoms with Crippen molar-refractivity contribution in [1.29, 1.82) is 0 Å². The van der Waals surface area contributed by atoms with Crippen LogP contribution in [0, 0.1) is 20.8 Å². The minimum absolute atomic E-state index is 0.349. The van der Waals surface area contributed by atoms with E-state index < -0.39 is 0 Å². The van der Waals surface area contributed by atoms with Crippen LogP contribution in [-0.4, -0.2) is 9.97 Å². The first kappa shape index (κ1) is 12.5. The van der Waals surface area contributed by atoms with Crippen molar-refractivity contribution in [2.45, 2.75) is 27.3 Å². The molecule has 2 N–H and O–H groups in total. The number of nitrogens with zero attached hydrogens (tertiary/aromatic N) is 2. The third kappa shape index (κ3) is 2.84. The average Bonchev–Trinajstić information content (AvgIpc) is 2.32. The maximum absolute atomic E-state index is 5.71. The molecule has 0 saturated carbocycles. The van der Waals surface area contributed by atoms with Crippen LogP contribution in [0.2, 0.25) is 0 Å². The molecule has 0 radical (unpaired) electrons. The van der Waals surface area contributed by atoms with E-state index in [9.17, 15) is 0 Å². The molecule has 94 valence electrons. The molecule has 0 fully saturated rings. The fourth-order valence-corrected chi connectivity index (χ4v) is 1.77. The molecule has 0 atom stereocenters. The Morgan fingerprint density at radius 3 is 2.56 bits per heavy atom. The van der Waals surface area contributed by atoms with Gasteiger partial charge in [0, 0.05) is 12.2 Å². The number of aryl methyl sites for hydroxylation is 3. The maximum Gasteiger partial charge on any atom is 0.322 e. The van der Waals surface area contributed by atoms with Gasteiger partial charge in [0.2, 0.25) is 0 Å². The number of hydrogen-bond acceptors (Lipinski definition) is 4. The molecule has 0 aliphatic heterocycles. The molecule has 0 amide bonds. The zero-order valence-electron chi connectivity index (χ0n) is 10.9. The molecule has 1 aromatic carbocycles. The predicted molar refractivity (Wildman–Crippen MR) is 70.7 cm³/mol. The zero-order valence-corrected chi connectivity index (χ0v) is 10.9. The van der Waals surface area contributed by atoms with Gasteiger partial charge in [-0.1, -0.05) is 17.7 Å². The highest BCUT2D eigenvalue weighted by atomic mass is 16.5. The molecular weight excluding hydrogens is 226 g/mol. The van der Waals surface area contributed by atoms with Crippen LogP contribution in [0.3, 0.4) is 0 Å². The number of aromatic nitrogens is 2. The molecule has 0 aliphatic carbocycles. The molecule has 1 aromatic heterocycles. The first-order chi connectivity index (χ1) is 8.58. The summed E-state index contributed by atoms with van der Waals surface area (Å²) in [6.07, 6.45) is 0. The second-order valence-electron chi connectivity index (χ2n) is 4.36. The Bertz CT molecular complexity index is 567. The fourth-order valence-electron chi connectivity index (χ4n) is 1.77. The highest BCUT2D eigenvalue weighted by Gasteiger charge is 2.06. The van der Waals surface area contributed by atoms with Crippen molar-refractivity contribution in [1.82, 2.24) is 9.97 Å². The van der Waals surface area contributed by atoms with Crippen LogP contribution in [-0.2, 0) is 6.54 Å². The van der Waals surface area contributed by atoms with E-state index in [4.69, 9.17) is 10.5 Å². The van der Waals surface area contributed by atoms with Crippen LogP contribution in [0.25, 0.3) is 0 Å². The topological polar surface area (TPSA) is 61.0 Å². The highest BCUT2D eigenvalue weighted by Crippen LogP contribution is 2.23. The van der Waals surface area contributed by atoms with Crippen molar-refractivity contribution >= 4 is 0 Å². The van der Waals surface area contributed by atoms with Gasteiger partial charge in [-0.2, -0.15) is 4.98 Å². The van der Waals surface area contributed by atoms with Gasteiger partial charge in [-0.3, -0.25) is 0 Å². The van der Waals surface area contributed by atoms with Gasteiger partial charge in [-0.25, -0.2) is 4.98 Å². The Kier molecular flexibility index (Phi) is 3.58. The standard InChI is InChI=1S/C14H17N3O/c1-9-4-5-13(10(2)6-9)18-14-16-11(3)7-12(8-15)17-14/h4-7H,8,15H2,1-3H3. The summed E-state index contributed by atoms with van der Waals surface area (Å²) in [4.78, 5) is 8.50. The van der Waals surface area contributed by atoms with E-state index in [0.29, 0.717) is 12.6 Å². The number of rotatable bonds is 3. The maximum atomic E-state index is 5.71. The molecule has 2 rings (SSSR count). The lowest BCUT2D eigenvalue weighted by Gasteiger charge is -2.09. The minimum Gasteiger partial charge on any atom is -0.424 e. The monoisotopic (exact) mass is 243 g/mol. The zero-order chi connectivity index (χ0) is 13.1. The Morgan fingerprint density at radius 1 is 1.11 bits per heavy atom. The molecule has 0 unspecified atom stereocenters. The van der Waals surface area contributed by atoms with Crippen molar-refractivity contribution in [3.8, 4) is 11.8 Å². The molecule has 0 saturated heterocycles. The van der Waals surface area contributed by atoms with Crippen molar-refractivity contribution in [2.75, 3.05) is 0 Å². The van der Waals surface area contributed by atoms with Gasteiger partial charge in [-0.05, 0) is 38.5 Å². The first-order valence-corrected chi connectivity index (χ1v) is 5.88. The molecule has 2 aromatic rings. The Labute approximate surface area is 107 Å². The van der Waals surface area contributed by atoms with E-state index >= 15 is 0 Å². The lowest BCUT2D eigenvalue weighted by molar-refractivity contribution is 0.434. The van der Waals surface area contributed by atoms with E-state index in [0.717, 1.165) is 22.7 Å². The van der Waals surface area contributed by atoms with Crippen molar-refractivity contribution in [2.24, 2.45) is 5.73 Å². The highest BCUT2D eigenvalue weighted by molar-refractivity contribution is 5.37. The molecule has 4 nitrogen and oxygen atoms in total. The van der Waals surface area contributed by atoms with Gasteiger partial charge in [0.25, 0.3) is 0 Å². The lowest BCUT2D eigenvalue weighted by Crippen LogP contribution is -2.03. The van der Waals surface area contributed by atoms with E-state index in [1.165, 1.54) is 5.56 Å². The number of ether oxygens (including phenoxy) is 1. The van der Waals surface area contributed by atoms with Crippen LogP contribution in [0.1, 0.15) is 22.5 Å². The summed E-state index contributed by atoms with van der Waals surface area (Å²) in [6.45, 7) is 6.33. The quantitative estimate of drug-likeness (QED) is 0.900. The van der Waals surface area contributed by atoms with Crippen molar-refractivity contribution in [3.05, 3.63) is 46.8 Å². The summed E-state index contributed by atoms with van der Waals surface area (Å²) < 4.78 is 5.71. The van der Waals surface area contributed by atoms with E-state index in [-0.39, 0.29) is 0 Å². The van der Waals surface area contributed by atoms with Crippen LogP contribution in [0.5, 0.6) is 11.8 Å². The minimum atomic E-state index is 0.349. The number of nitrogens with two attached hydrogens (primary N) is 1. The molecule has 4 heteroatoms. The Morgan fingerprint density at radius 2 is 1.89 bits per heavy atom. The van der Waals surface area contributed by atoms with Crippen LogP contribution >= 0.6 is 0 Å². The van der Waals surface area contributed by atoms with Gasteiger partial charge < -0.3 is 10.5 Å². The third-order valence-electron chi connectivity index (χ3n) is 2.63. The largest absolute Gasteiger partial charge is 0.424 e. The first-order valence-electron chi connectivity index (χ1n) is 5.88. The van der Waals surface area contributed by atoms with E-state index in [1.54, 1.807) is 0 Å². The van der Waals surface area contributed by atoms with Gasteiger partial charge in [0.15, 0.2) is 0 Å². The SMILES string of the molecule is Cc1ccc(Oc2nc(C)cc(CN)n2)c(C)c1. The predicted octanol–water partition coefficient (Wildman–Crippen LogP) is 2.65. The molecule has 0 aliphatic rings. The Balaban J connectivity index is 2.30. The van der Waals surface area contributed by atoms with E-state index in [1.807, 2.05) is 39.0 Å². The number of benzene rings is 1. The molecule has 18 heavy (non-hydrogen) atoms. The second kappa shape index (κ2) is 5.14. The second-order valence-corrected chi connectivity index (χ2v) is 4.36. The summed E-state index contributed by atoms with van der Waals surface area (Å²) in [5.41, 5.74) is 9.48. The van der Waals surface area contributed by atoms with Crippen LogP contribution in [0.15, 0.2) is 24.3 Å². The van der Waals surface area contributed by atoms with Gasteiger partial charge in [0.1, 0.15) is 5.75 Å². The fraction of sp³-hybridized carbons (Fsp3) is 0.286. The average molecular weight is 243 g/mol. The lowest BCUT2D eigenvalue weighted by atomic mass is 10.1. The van der Waals surface area contributed by atoms with Crippen molar-refractivity contribution in [3.63, 3.8) is 0 Å². The van der Waals surface area contributed by atoms with Crippen LogP contribution < -0.4 is 10.5 Å².